The van der Waals surface area contributed by atoms with E-state index in [0.717, 1.165) is 42.3 Å². The van der Waals surface area contributed by atoms with E-state index in [-0.39, 0.29) is 23.0 Å². The van der Waals surface area contributed by atoms with Crippen LogP contribution in [-0.4, -0.2) is 62.9 Å². The summed E-state index contributed by atoms with van der Waals surface area (Å²) in [6, 6.07) is 4.12. The van der Waals surface area contributed by atoms with E-state index < -0.39 is 15.7 Å². The number of carbonyl (C=O) groups is 1. The molecule has 10 heteroatoms. The topological polar surface area (TPSA) is 79.8 Å². The summed E-state index contributed by atoms with van der Waals surface area (Å²) in [5.74, 6) is 0.0385. The third-order valence-electron chi connectivity index (χ3n) is 6.27. The van der Waals surface area contributed by atoms with Gasteiger partial charge in [0.1, 0.15) is 5.82 Å². The highest BCUT2D eigenvalue weighted by molar-refractivity contribution is 7.90. The number of rotatable bonds is 5. The van der Waals surface area contributed by atoms with Gasteiger partial charge < -0.3 is 14.5 Å². The second kappa shape index (κ2) is 9.58. The van der Waals surface area contributed by atoms with Gasteiger partial charge in [-0.25, -0.2) is 22.6 Å². The van der Waals surface area contributed by atoms with Crippen LogP contribution in [0, 0.1) is 5.82 Å². The summed E-state index contributed by atoms with van der Waals surface area (Å²) < 4.78 is 43.2. The monoisotopic (exact) mass is 495 g/mol. The van der Waals surface area contributed by atoms with Crippen molar-refractivity contribution >= 4 is 33.0 Å². The highest BCUT2D eigenvalue weighted by Gasteiger charge is 2.30. The van der Waals surface area contributed by atoms with Crippen molar-refractivity contribution in [2.24, 2.45) is 0 Å². The minimum atomic E-state index is -3.44. The summed E-state index contributed by atoms with van der Waals surface area (Å²) in [4.78, 5) is 20.7. The van der Waals surface area contributed by atoms with Crippen molar-refractivity contribution in [2.45, 2.75) is 55.9 Å². The normalized spacial score (nSPS) is 20.0. The fraction of sp³-hybridized carbons (Fsp3) is 0.565. The van der Waals surface area contributed by atoms with Crippen molar-refractivity contribution in [3.63, 3.8) is 0 Å². The molecule has 0 unspecified atom stereocenters. The first-order valence-corrected chi connectivity index (χ1v) is 14.0. The molecule has 0 spiro atoms. The molecule has 1 atom stereocenters. The van der Waals surface area contributed by atoms with Crippen LogP contribution in [0.15, 0.2) is 28.5 Å². The lowest BCUT2D eigenvalue weighted by Crippen LogP contribution is -2.39. The number of anilines is 1. The molecule has 1 aromatic heterocycles. The maximum absolute atomic E-state index is 14.6. The van der Waals surface area contributed by atoms with Crippen LogP contribution < -0.4 is 4.90 Å². The smallest absolute Gasteiger partial charge is 0.410 e. The average Bonchev–Trinajstić information content (AvgIpc) is 3.42. The van der Waals surface area contributed by atoms with Crippen molar-refractivity contribution in [1.29, 1.82) is 0 Å². The summed E-state index contributed by atoms with van der Waals surface area (Å²) in [5, 5.41) is 3.18. The molecule has 1 aromatic carbocycles. The van der Waals surface area contributed by atoms with Crippen molar-refractivity contribution in [3.05, 3.63) is 40.1 Å². The van der Waals surface area contributed by atoms with Gasteiger partial charge in [-0.05, 0) is 51.3 Å². The minimum Gasteiger partial charge on any atom is -0.447 e. The third-order valence-corrected chi connectivity index (χ3v) is 8.41. The molecule has 1 amide bonds. The summed E-state index contributed by atoms with van der Waals surface area (Å²) >= 11 is 1.65. The number of piperidine rings is 1. The number of ether oxygens (including phenoxy) is 1. The lowest BCUT2D eigenvalue weighted by atomic mass is 9.94. The first-order chi connectivity index (χ1) is 15.6. The fourth-order valence-electron chi connectivity index (χ4n) is 4.47. The zero-order valence-electron chi connectivity index (χ0n) is 19.2. The van der Waals surface area contributed by atoms with Gasteiger partial charge in [-0.1, -0.05) is 0 Å². The molecule has 0 saturated carbocycles. The van der Waals surface area contributed by atoms with Crippen molar-refractivity contribution in [3.8, 4) is 0 Å². The average molecular weight is 496 g/mol. The molecule has 180 valence electrons. The number of carbonyl (C=O) groups excluding carboxylic acids is 1. The van der Waals surface area contributed by atoms with Gasteiger partial charge in [0.2, 0.25) is 0 Å². The second-order valence-electron chi connectivity index (χ2n) is 9.12. The molecule has 3 heterocycles. The lowest BCUT2D eigenvalue weighted by Gasteiger charge is -2.31. The van der Waals surface area contributed by atoms with Gasteiger partial charge in [-0.15, -0.1) is 11.3 Å². The molecule has 0 bridgehead atoms. The highest BCUT2D eigenvalue weighted by atomic mass is 32.2. The third kappa shape index (κ3) is 5.48. The number of hydrogen-bond acceptors (Lipinski definition) is 7. The van der Waals surface area contributed by atoms with Gasteiger partial charge in [-0.2, -0.15) is 0 Å². The molecule has 0 aliphatic carbocycles. The number of benzene rings is 1. The van der Waals surface area contributed by atoms with E-state index in [9.17, 15) is 17.6 Å². The summed E-state index contributed by atoms with van der Waals surface area (Å²) in [6.45, 7) is 6.40. The Balaban J connectivity index is 1.36. The standard InChI is InChI=1S/C23H30FN3O4S2/c1-15(2)31-23(28)26-9-6-16(7-10-26)20-14-32-22(25-20)17-8-11-27(13-17)21-5-4-18(12-19(21)24)33(3,29)30/h4-5,12,14-17H,6-11,13H2,1-3H3/t17-/m0/s1. The van der Waals surface area contributed by atoms with E-state index in [0.29, 0.717) is 37.8 Å². The highest BCUT2D eigenvalue weighted by Crippen LogP contribution is 2.36. The van der Waals surface area contributed by atoms with Crippen LogP contribution in [0.5, 0.6) is 0 Å². The van der Waals surface area contributed by atoms with Crippen molar-refractivity contribution < 1.29 is 22.3 Å². The van der Waals surface area contributed by atoms with Crippen LogP contribution in [-0.2, 0) is 14.6 Å². The predicted molar refractivity (Wildman–Crippen MR) is 126 cm³/mol. The Labute approximate surface area is 198 Å². The van der Waals surface area contributed by atoms with Gasteiger partial charge in [-0.3, -0.25) is 0 Å². The predicted octanol–water partition coefficient (Wildman–Crippen LogP) is 4.40. The largest absolute Gasteiger partial charge is 0.447 e. The molecule has 2 aromatic rings. The second-order valence-corrected chi connectivity index (χ2v) is 12.0. The van der Waals surface area contributed by atoms with E-state index in [1.807, 2.05) is 18.7 Å². The molecule has 33 heavy (non-hydrogen) atoms. The number of amides is 1. The number of nitrogens with zero attached hydrogens (tertiary/aromatic N) is 3. The molecular formula is C23H30FN3O4S2. The molecule has 0 N–H and O–H groups in total. The summed E-state index contributed by atoms with van der Waals surface area (Å²) in [5.41, 5.74) is 1.51. The van der Waals surface area contributed by atoms with Crippen molar-refractivity contribution in [1.82, 2.24) is 9.88 Å². The molecule has 2 fully saturated rings. The van der Waals surface area contributed by atoms with Gasteiger partial charge in [0.25, 0.3) is 0 Å². The molecule has 7 nitrogen and oxygen atoms in total. The number of thiazole rings is 1. The van der Waals surface area contributed by atoms with E-state index in [1.165, 1.54) is 6.07 Å². The fourth-order valence-corrected chi connectivity index (χ4v) is 6.13. The van der Waals surface area contributed by atoms with Crippen LogP contribution in [0.3, 0.4) is 0 Å². The minimum absolute atomic E-state index is 0.00687. The molecule has 2 aliphatic rings. The maximum atomic E-state index is 14.6. The Hall–Kier alpha value is -2.20. The van der Waals surface area contributed by atoms with Gasteiger partial charge in [0, 0.05) is 49.7 Å². The zero-order chi connectivity index (χ0) is 23.8. The van der Waals surface area contributed by atoms with E-state index >= 15 is 0 Å². The summed E-state index contributed by atoms with van der Waals surface area (Å²) in [7, 11) is -3.44. The van der Waals surface area contributed by atoms with Crippen molar-refractivity contribution in [2.75, 3.05) is 37.3 Å². The molecule has 2 saturated heterocycles. The Kier molecular flexibility index (Phi) is 6.95. The first kappa shape index (κ1) is 23.9. The number of halogens is 1. The van der Waals surface area contributed by atoms with E-state index in [1.54, 1.807) is 22.3 Å². The number of hydrogen-bond donors (Lipinski definition) is 0. The summed E-state index contributed by atoms with van der Waals surface area (Å²) in [6.07, 6.45) is 3.32. The van der Waals surface area contributed by atoms with E-state index in [2.05, 4.69) is 5.38 Å². The lowest BCUT2D eigenvalue weighted by molar-refractivity contribution is 0.0690. The van der Waals surface area contributed by atoms with E-state index in [4.69, 9.17) is 9.72 Å². The van der Waals surface area contributed by atoms with Crippen LogP contribution >= 0.6 is 11.3 Å². The molecular weight excluding hydrogens is 465 g/mol. The molecule has 2 aliphatic heterocycles. The number of sulfone groups is 1. The van der Waals surface area contributed by atoms with Crippen LogP contribution in [0.4, 0.5) is 14.9 Å². The van der Waals surface area contributed by atoms with Crippen LogP contribution in [0.25, 0.3) is 0 Å². The molecule has 4 rings (SSSR count). The molecule has 0 radical (unpaired) electrons. The Morgan fingerprint density at radius 3 is 2.52 bits per heavy atom. The Morgan fingerprint density at radius 2 is 1.88 bits per heavy atom. The quantitative estimate of drug-likeness (QED) is 0.612. The van der Waals surface area contributed by atoms with Crippen LogP contribution in [0.2, 0.25) is 0 Å². The van der Waals surface area contributed by atoms with Gasteiger partial charge >= 0.3 is 6.09 Å². The number of likely N-dealkylation sites (tertiary alicyclic amines) is 1. The first-order valence-electron chi connectivity index (χ1n) is 11.3. The number of aromatic nitrogens is 1. The SMILES string of the molecule is CC(C)OC(=O)N1CCC(c2csc([C@H]3CCN(c4ccc(S(C)(=O)=O)cc4F)C3)n2)CC1. The zero-order valence-corrected chi connectivity index (χ0v) is 20.8. The van der Waals surface area contributed by atoms with Crippen LogP contribution in [0.1, 0.15) is 55.6 Å². The Morgan fingerprint density at radius 1 is 1.18 bits per heavy atom. The van der Waals surface area contributed by atoms with Gasteiger partial charge in [0.15, 0.2) is 9.84 Å². The van der Waals surface area contributed by atoms with Gasteiger partial charge in [0.05, 0.1) is 27.4 Å². The Bertz CT molecular complexity index is 1110. The maximum Gasteiger partial charge on any atom is 0.410 e.